The molecule has 0 fully saturated rings. The van der Waals surface area contributed by atoms with Gasteiger partial charge in [-0.2, -0.15) is 0 Å². The molecular formula is C14H21N3. The molecule has 0 spiro atoms. The first-order valence-corrected chi connectivity index (χ1v) is 6.50. The number of nitrogens with one attached hydrogen (secondary N) is 1. The summed E-state index contributed by atoms with van der Waals surface area (Å²) in [6.07, 6.45) is 8.95. The van der Waals surface area contributed by atoms with Gasteiger partial charge in [0.05, 0.1) is 0 Å². The summed E-state index contributed by atoms with van der Waals surface area (Å²) in [5, 5.41) is 3.55. The van der Waals surface area contributed by atoms with E-state index in [0.29, 0.717) is 6.04 Å². The summed E-state index contributed by atoms with van der Waals surface area (Å²) in [6, 6.07) is 6.68. The van der Waals surface area contributed by atoms with Crippen LogP contribution in [0.1, 0.15) is 39.5 Å². The topological polar surface area (TPSA) is 29.3 Å². The number of rotatable bonds is 6. The largest absolute Gasteiger partial charge is 0.369 e. The zero-order valence-electron chi connectivity index (χ0n) is 10.7. The van der Waals surface area contributed by atoms with Crippen LogP contribution in [0.3, 0.4) is 0 Å². The lowest BCUT2D eigenvalue weighted by Crippen LogP contribution is -2.16. The zero-order chi connectivity index (χ0) is 12.1. The first-order valence-electron chi connectivity index (χ1n) is 6.50. The van der Waals surface area contributed by atoms with E-state index in [2.05, 4.69) is 34.6 Å². The standard InChI is InChI=1S/C14H21N3/c1-3-4-5-7-12(2)16-14-9-6-8-13-15-10-11-17(13)14/h6,8-12,16H,3-5,7H2,1-2H3. The van der Waals surface area contributed by atoms with Crippen LogP contribution in [0.5, 0.6) is 0 Å². The quantitative estimate of drug-likeness (QED) is 0.768. The third-order valence-electron chi connectivity index (χ3n) is 3.06. The van der Waals surface area contributed by atoms with Crippen LogP contribution in [0, 0.1) is 0 Å². The molecule has 1 N–H and O–H groups in total. The Morgan fingerprint density at radius 3 is 3.06 bits per heavy atom. The van der Waals surface area contributed by atoms with E-state index in [1.165, 1.54) is 25.7 Å². The van der Waals surface area contributed by atoms with Crippen molar-refractivity contribution < 1.29 is 0 Å². The van der Waals surface area contributed by atoms with Crippen LogP contribution in [0.25, 0.3) is 5.65 Å². The van der Waals surface area contributed by atoms with Crippen LogP contribution >= 0.6 is 0 Å². The average molecular weight is 231 g/mol. The number of fused-ring (bicyclic) bond motifs is 1. The van der Waals surface area contributed by atoms with Gasteiger partial charge in [-0.3, -0.25) is 4.40 Å². The van der Waals surface area contributed by atoms with Crippen LogP contribution in [0.15, 0.2) is 30.6 Å². The van der Waals surface area contributed by atoms with Gasteiger partial charge < -0.3 is 5.32 Å². The maximum Gasteiger partial charge on any atom is 0.138 e. The molecule has 0 aromatic carbocycles. The van der Waals surface area contributed by atoms with E-state index in [0.717, 1.165) is 11.5 Å². The van der Waals surface area contributed by atoms with Gasteiger partial charge in [-0.1, -0.05) is 32.3 Å². The van der Waals surface area contributed by atoms with Crippen molar-refractivity contribution in [1.82, 2.24) is 9.38 Å². The molecule has 2 aromatic heterocycles. The Hall–Kier alpha value is -1.51. The minimum absolute atomic E-state index is 0.509. The van der Waals surface area contributed by atoms with E-state index >= 15 is 0 Å². The highest BCUT2D eigenvalue weighted by Gasteiger charge is 2.04. The van der Waals surface area contributed by atoms with Gasteiger partial charge in [0, 0.05) is 18.4 Å². The van der Waals surface area contributed by atoms with Gasteiger partial charge in [-0.15, -0.1) is 0 Å². The number of aromatic nitrogens is 2. The average Bonchev–Trinajstić information content (AvgIpc) is 2.78. The Labute approximate surface area is 103 Å². The molecule has 0 radical (unpaired) electrons. The Morgan fingerprint density at radius 1 is 1.35 bits per heavy atom. The molecule has 0 aliphatic carbocycles. The summed E-state index contributed by atoms with van der Waals surface area (Å²) in [7, 11) is 0. The molecule has 0 amide bonds. The van der Waals surface area contributed by atoms with Crippen molar-refractivity contribution in [3.63, 3.8) is 0 Å². The highest BCUT2D eigenvalue weighted by molar-refractivity contribution is 5.50. The van der Waals surface area contributed by atoms with Crippen LogP contribution in [-0.4, -0.2) is 15.4 Å². The van der Waals surface area contributed by atoms with Gasteiger partial charge in [0.15, 0.2) is 0 Å². The van der Waals surface area contributed by atoms with E-state index in [1.54, 1.807) is 0 Å². The molecule has 2 aromatic rings. The van der Waals surface area contributed by atoms with Gasteiger partial charge in [-0.05, 0) is 25.5 Å². The zero-order valence-corrected chi connectivity index (χ0v) is 10.7. The van der Waals surface area contributed by atoms with E-state index in [9.17, 15) is 0 Å². The molecule has 0 aliphatic heterocycles. The van der Waals surface area contributed by atoms with Crippen molar-refractivity contribution in [3.05, 3.63) is 30.6 Å². The monoisotopic (exact) mass is 231 g/mol. The van der Waals surface area contributed by atoms with Gasteiger partial charge in [0.25, 0.3) is 0 Å². The number of imidazole rings is 1. The fourth-order valence-corrected chi connectivity index (χ4v) is 2.09. The van der Waals surface area contributed by atoms with E-state index < -0.39 is 0 Å². The lowest BCUT2D eigenvalue weighted by Gasteiger charge is -2.16. The lowest BCUT2D eigenvalue weighted by molar-refractivity contribution is 0.613. The van der Waals surface area contributed by atoms with Gasteiger partial charge in [0.2, 0.25) is 0 Å². The minimum atomic E-state index is 0.509. The molecule has 92 valence electrons. The van der Waals surface area contributed by atoms with Crippen LogP contribution in [0.4, 0.5) is 5.82 Å². The van der Waals surface area contributed by atoms with Crippen molar-refractivity contribution in [3.8, 4) is 0 Å². The molecule has 3 nitrogen and oxygen atoms in total. The lowest BCUT2D eigenvalue weighted by atomic mass is 10.1. The molecule has 2 heterocycles. The number of unbranched alkanes of at least 4 members (excludes halogenated alkanes) is 2. The SMILES string of the molecule is CCCCCC(C)Nc1cccc2nccn12. The maximum atomic E-state index is 4.29. The first kappa shape index (κ1) is 12.0. The summed E-state index contributed by atoms with van der Waals surface area (Å²) >= 11 is 0. The number of hydrogen-bond acceptors (Lipinski definition) is 2. The third kappa shape index (κ3) is 2.99. The summed E-state index contributed by atoms with van der Waals surface area (Å²) in [5.74, 6) is 1.13. The molecule has 0 saturated heterocycles. The van der Waals surface area contributed by atoms with Gasteiger partial charge >= 0.3 is 0 Å². The van der Waals surface area contributed by atoms with Gasteiger partial charge in [0.1, 0.15) is 11.5 Å². The van der Waals surface area contributed by atoms with E-state index in [4.69, 9.17) is 0 Å². The van der Waals surface area contributed by atoms with Crippen LogP contribution in [0.2, 0.25) is 0 Å². The molecule has 1 atom stereocenters. The van der Waals surface area contributed by atoms with Gasteiger partial charge in [-0.25, -0.2) is 4.98 Å². The molecule has 0 aliphatic rings. The smallest absolute Gasteiger partial charge is 0.138 e. The van der Waals surface area contributed by atoms with Crippen molar-refractivity contribution in [2.45, 2.75) is 45.6 Å². The highest BCUT2D eigenvalue weighted by atomic mass is 15.1. The Kier molecular flexibility index (Phi) is 4.02. The highest BCUT2D eigenvalue weighted by Crippen LogP contribution is 2.14. The molecule has 0 saturated carbocycles. The second kappa shape index (κ2) is 5.71. The summed E-state index contributed by atoms with van der Waals surface area (Å²) in [6.45, 7) is 4.48. The van der Waals surface area contributed by atoms with Crippen LogP contribution in [-0.2, 0) is 0 Å². The van der Waals surface area contributed by atoms with Crippen molar-refractivity contribution >= 4 is 11.5 Å². The predicted octanol–water partition coefficient (Wildman–Crippen LogP) is 3.72. The van der Waals surface area contributed by atoms with E-state index in [-0.39, 0.29) is 0 Å². The summed E-state index contributed by atoms with van der Waals surface area (Å²) in [4.78, 5) is 4.29. The molecular weight excluding hydrogens is 210 g/mol. The fourth-order valence-electron chi connectivity index (χ4n) is 2.09. The normalized spacial score (nSPS) is 12.8. The predicted molar refractivity (Wildman–Crippen MR) is 72.4 cm³/mol. The van der Waals surface area contributed by atoms with Crippen molar-refractivity contribution in [2.75, 3.05) is 5.32 Å². The molecule has 1 unspecified atom stereocenters. The van der Waals surface area contributed by atoms with Crippen LogP contribution < -0.4 is 5.32 Å². The Bertz CT molecular complexity index is 461. The molecule has 3 heteroatoms. The van der Waals surface area contributed by atoms with Crippen molar-refractivity contribution in [2.24, 2.45) is 0 Å². The molecule has 2 rings (SSSR count). The number of nitrogens with zero attached hydrogens (tertiary/aromatic N) is 2. The number of pyridine rings is 1. The molecule has 17 heavy (non-hydrogen) atoms. The Balaban J connectivity index is 2.00. The van der Waals surface area contributed by atoms with E-state index in [1.807, 2.05) is 24.5 Å². The second-order valence-corrected chi connectivity index (χ2v) is 4.61. The van der Waals surface area contributed by atoms with Crippen molar-refractivity contribution in [1.29, 1.82) is 0 Å². The number of anilines is 1. The summed E-state index contributed by atoms with van der Waals surface area (Å²) < 4.78 is 2.09. The Morgan fingerprint density at radius 2 is 2.24 bits per heavy atom. The third-order valence-corrected chi connectivity index (χ3v) is 3.06. The second-order valence-electron chi connectivity index (χ2n) is 4.61. The summed E-state index contributed by atoms with van der Waals surface area (Å²) in [5.41, 5.74) is 0.996. The maximum absolute atomic E-state index is 4.29. The number of hydrogen-bond donors (Lipinski definition) is 1. The first-order chi connectivity index (χ1) is 8.31. The fraction of sp³-hybridized carbons (Fsp3) is 0.500. The molecule has 0 bridgehead atoms. The minimum Gasteiger partial charge on any atom is -0.369 e.